The maximum absolute atomic E-state index is 13.2. The molecule has 1 fully saturated rings. The number of hydrogen-bond acceptors (Lipinski definition) is 6. The molecule has 1 amide bonds. The molecular weight excluding hydrogens is 506 g/mol. The lowest BCUT2D eigenvalue weighted by molar-refractivity contribution is -0.117. The molecule has 8 heteroatoms. The molecule has 2 aliphatic heterocycles. The summed E-state index contributed by atoms with van der Waals surface area (Å²) in [5, 5.41) is 0. The van der Waals surface area contributed by atoms with E-state index in [1.807, 2.05) is 78.6 Å². The summed E-state index contributed by atoms with van der Waals surface area (Å²) < 4.78 is 25.3. The number of benzene rings is 3. The molecule has 2 aliphatic rings. The highest BCUT2D eigenvalue weighted by Crippen LogP contribution is 2.38. The first-order valence-electron chi connectivity index (χ1n) is 13.7. The van der Waals surface area contributed by atoms with Gasteiger partial charge in [-0.25, -0.2) is 4.98 Å². The summed E-state index contributed by atoms with van der Waals surface area (Å²) in [6.07, 6.45) is 5.21. The average molecular weight is 540 g/mol. The molecule has 1 saturated heterocycles. The second kappa shape index (κ2) is 11.3. The van der Waals surface area contributed by atoms with Gasteiger partial charge in [0, 0.05) is 37.2 Å². The highest BCUT2D eigenvalue weighted by molar-refractivity contribution is 5.97. The molecule has 0 saturated carbocycles. The first-order valence-corrected chi connectivity index (χ1v) is 13.7. The Hall–Kier alpha value is -4.46. The summed E-state index contributed by atoms with van der Waals surface area (Å²) in [5.41, 5.74) is 3.89. The molecule has 0 N–H and O–H groups in total. The van der Waals surface area contributed by atoms with Crippen molar-refractivity contribution in [2.75, 3.05) is 38.4 Å². The highest BCUT2D eigenvalue weighted by Gasteiger charge is 2.35. The van der Waals surface area contributed by atoms with E-state index in [1.54, 1.807) is 7.11 Å². The van der Waals surface area contributed by atoms with Gasteiger partial charge in [-0.2, -0.15) is 0 Å². The fourth-order valence-corrected chi connectivity index (χ4v) is 5.48. The van der Waals surface area contributed by atoms with Crippen LogP contribution in [0.2, 0.25) is 0 Å². The Kier molecular flexibility index (Phi) is 7.31. The number of hydrogen-bond donors (Lipinski definition) is 0. The van der Waals surface area contributed by atoms with Crippen LogP contribution in [0.1, 0.15) is 37.1 Å². The minimum Gasteiger partial charge on any atom is -0.493 e. The molecule has 6 rings (SSSR count). The highest BCUT2D eigenvalue weighted by atomic mass is 16.6. The van der Waals surface area contributed by atoms with E-state index in [2.05, 4.69) is 10.6 Å². The number of allylic oxidation sites excluding steroid dienone is 1. The van der Waals surface area contributed by atoms with Crippen LogP contribution in [0.3, 0.4) is 0 Å². The molecule has 1 aromatic heterocycles. The quantitative estimate of drug-likeness (QED) is 0.249. The van der Waals surface area contributed by atoms with Crippen molar-refractivity contribution in [3.63, 3.8) is 0 Å². The number of fused-ring (bicyclic) bond motifs is 2. The second-order valence-corrected chi connectivity index (χ2v) is 9.96. The summed E-state index contributed by atoms with van der Waals surface area (Å²) in [6.45, 7) is 4.85. The summed E-state index contributed by atoms with van der Waals surface area (Å²) >= 11 is 0. The topological polar surface area (TPSA) is 75.1 Å². The van der Waals surface area contributed by atoms with E-state index in [0.29, 0.717) is 50.0 Å². The Morgan fingerprint density at radius 2 is 1.88 bits per heavy atom. The number of para-hydroxylation sites is 2. The predicted octanol–water partition coefficient (Wildman–Crippen LogP) is 5.84. The van der Waals surface area contributed by atoms with Crippen molar-refractivity contribution in [3.8, 4) is 23.0 Å². The smallest absolute Gasteiger partial charge is 0.227 e. The van der Waals surface area contributed by atoms with Crippen molar-refractivity contribution in [1.29, 1.82) is 0 Å². The van der Waals surface area contributed by atoms with E-state index in [-0.39, 0.29) is 11.8 Å². The van der Waals surface area contributed by atoms with Crippen molar-refractivity contribution < 1.29 is 23.7 Å². The van der Waals surface area contributed by atoms with Gasteiger partial charge in [-0.1, -0.05) is 30.4 Å². The van der Waals surface area contributed by atoms with Crippen LogP contribution in [-0.4, -0.2) is 48.9 Å². The Bertz CT molecular complexity index is 1560. The number of methoxy groups -OCH3 is 1. The third-order valence-corrected chi connectivity index (χ3v) is 7.34. The minimum atomic E-state index is -0.0201. The van der Waals surface area contributed by atoms with Gasteiger partial charge in [-0.3, -0.25) is 4.79 Å². The molecule has 0 radical (unpaired) electrons. The van der Waals surface area contributed by atoms with Crippen molar-refractivity contribution in [3.05, 3.63) is 78.1 Å². The van der Waals surface area contributed by atoms with Crippen molar-refractivity contribution >= 4 is 28.7 Å². The SMILES string of the molecule is C/C=C/c1ccc(OCCCn2c(C3CC(=O)N(c4ccc5c(c4)OCCO5)C3)nc3ccccc32)c(OC)c1. The number of imidazole rings is 1. The lowest BCUT2D eigenvalue weighted by Gasteiger charge is -2.22. The molecule has 206 valence electrons. The molecule has 1 atom stereocenters. The van der Waals surface area contributed by atoms with Gasteiger partial charge in [0.15, 0.2) is 23.0 Å². The average Bonchev–Trinajstić information content (AvgIpc) is 3.56. The zero-order valence-corrected chi connectivity index (χ0v) is 22.8. The molecule has 40 heavy (non-hydrogen) atoms. The largest absolute Gasteiger partial charge is 0.493 e. The molecule has 3 heterocycles. The fourth-order valence-electron chi connectivity index (χ4n) is 5.48. The van der Waals surface area contributed by atoms with E-state index >= 15 is 0 Å². The molecule has 3 aromatic carbocycles. The molecule has 8 nitrogen and oxygen atoms in total. The van der Waals surface area contributed by atoms with Gasteiger partial charge in [0.1, 0.15) is 19.0 Å². The first kappa shape index (κ1) is 25.8. The zero-order valence-electron chi connectivity index (χ0n) is 22.8. The maximum atomic E-state index is 13.2. The Balaban J connectivity index is 1.18. The number of aromatic nitrogens is 2. The molecule has 1 unspecified atom stereocenters. The van der Waals surface area contributed by atoms with Gasteiger partial charge in [-0.05, 0) is 55.3 Å². The van der Waals surface area contributed by atoms with Crippen LogP contribution in [0.25, 0.3) is 17.1 Å². The molecule has 4 aromatic rings. The van der Waals surface area contributed by atoms with Crippen molar-refractivity contribution in [1.82, 2.24) is 9.55 Å². The van der Waals surface area contributed by atoms with E-state index < -0.39 is 0 Å². The summed E-state index contributed by atoms with van der Waals surface area (Å²) in [5.74, 6) is 3.83. The first-order chi connectivity index (χ1) is 19.6. The fraction of sp³-hybridized carbons (Fsp3) is 0.312. The third kappa shape index (κ3) is 5.09. The second-order valence-electron chi connectivity index (χ2n) is 9.96. The number of anilines is 1. The van der Waals surface area contributed by atoms with Gasteiger partial charge in [0.25, 0.3) is 0 Å². The Morgan fingerprint density at radius 3 is 2.73 bits per heavy atom. The van der Waals surface area contributed by atoms with E-state index in [0.717, 1.165) is 46.8 Å². The zero-order chi connectivity index (χ0) is 27.5. The third-order valence-electron chi connectivity index (χ3n) is 7.34. The predicted molar refractivity (Wildman–Crippen MR) is 155 cm³/mol. The van der Waals surface area contributed by atoms with Gasteiger partial charge < -0.3 is 28.4 Å². The van der Waals surface area contributed by atoms with Crippen LogP contribution in [0.15, 0.2) is 66.7 Å². The van der Waals surface area contributed by atoms with Crippen LogP contribution in [0.5, 0.6) is 23.0 Å². The van der Waals surface area contributed by atoms with Gasteiger partial charge in [0.05, 0.1) is 24.8 Å². The van der Waals surface area contributed by atoms with Crippen LogP contribution in [0, 0.1) is 0 Å². The normalized spacial score (nSPS) is 16.7. The summed E-state index contributed by atoms with van der Waals surface area (Å²) in [6, 6.07) is 19.8. The van der Waals surface area contributed by atoms with Crippen LogP contribution >= 0.6 is 0 Å². The van der Waals surface area contributed by atoms with Gasteiger partial charge in [-0.15, -0.1) is 0 Å². The number of rotatable bonds is 9. The molecule has 0 bridgehead atoms. The minimum absolute atomic E-state index is 0.0201. The standard InChI is InChI=1S/C32H33N3O5/c1-3-7-22-10-12-27(29(18-22)37-2)38-15-6-14-34-26-9-5-4-8-25(26)33-32(34)23-19-31(36)35(21-23)24-11-13-28-30(20-24)40-17-16-39-28/h3-5,7-13,18,20,23H,6,14-17,19,21H2,1-2H3/b7-3+. The number of ether oxygens (including phenoxy) is 4. The molecular formula is C32H33N3O5. The number of aryl methyl sites for hydroxylation is 1. The van der Waals surface area contributed by atoms with E-state index in [9.17, 15) is 4.79 Å². The lowest BCUT2D eigenvalue weighted by Crippen LogP contribution is -2.25. The number of carbonyl (C=O) groups is 1. The maximum Gasteiger partial charge on any atom is 0.227 e. The van der Waals surface area contributed by atoms with Crippen molar-refractivity contribution in [2.45, 2.75) is 32.2 Å². The van der Waals surface area contributed by atoms with E-state index in [4.69, 9.17) is 23.9 Å². The van der Waals surface area contributed by atoms with E-state index in [1.165, 1.54) is 0 Å². The Labute approximate surface area is 233 Å². The molecule has 0 spiro atoms. The van der Waals surface area contributed by atoms with Crippen molar-refractivity contribution in [2.24, 2.45) is 0 Å². The Morgan fingerprint density at radius 1 is 1.02 bits per heavy atom. The summed E-state index contributed by atoms with van der Waals surface area (Å²) in [4.78, 5) is 20.0. The van der Waals surface area contributed by atoms with Crippen LogP contribution in [0.4, 0.5) is 5.69 Å². The monoisotopic (exact) mass is 539 g/mol. The number of nitrogens with zero attached hydrogens (tertiary/aromatic N) is 3. The van der Waals surface area contributed by atoms with Gasteiger partial charge >= 0.3 is 0 Å². The molecule has 0 aliphatic carbocycles. The van der Waals surface area contributed by atoms with Crippen LogP contribution < -0.4 is 23.8 Å². The number of carbonyl (C=O) groups excluding carboxylic acids is 1. The number of amides is 1. The summed E-state index contributed by atoms with van der Waals surface area (Å²) in [7, 11) is 1.66. The lowest BCUT2D eigenvalue weighted by atomic mass is 10.1. The van der Waals surface area contributed by atoms with Crippen LogP contribution in [-0.2, 0) is 11.3 Å². The van der Waals surface area contributed by atoms with Gasteiger partial charge in [0.2, 0.25) is 5.91 Å².